The van der Waals surface area contributed by atoms with E-state index in [0.29, 0.717) is 0 Å². The van der Waals surface area contributed by atoms with Crippen LogP contribution in [-0.4, -0.2) is 0 Å². The van der Waals surface area contributed by atoms with Crippen LogP contribution < -0.4 is 9.80 Å². The predicted octanol–water partition coefficient (Wildman–Crippen LogP) is 20.0. The molecule has 0 N–H and O–H groups in total. The summed E-state index contributed by atoms with van der Waals surface area (Å²) in [6.07, 6.45) is 0. The molecular formula is C70H48N2O. The van der Waals surface area contributed by atoms with Crippen molar-refractivity contribution in [1.29, 1.82) is 0 Å². The van der Waals surface area contributed by atoms with Gasteiger partial charge in [-0.3, -0.25) is 0 Å². The van der Waals surface area contributed by atoms with Gasteiger partial charge in [0.05, 0.1) is 0 Å². The fourth-order valence-corrected chi connectivity index (χ4v) is 10.4. The van der Waals surface area contributed by atoms with E-state index in [4.69, 9.17) is 4.42 Å². The largest absolute Gasteiger partial charge is 0.456 e. The van der Waals surface area contributed by atoms with Gasteiger partial charge in [0.1, 0.15) is 11.2 Å². The second kappa shape index (κ2) is 18.9. The van der Waals surface area contributed by atoms with E-state index in [1.165, 1.54) is 38.6 Å². The highest BCUT2D eigenvalue weighted by molar-refractivity contribution is 6.06. The lowest BCUT2D eigenvalue weighted by Crippen LogP contribution is -2.14. The Hall–Kier alpha value is -9.70. The van der Waals surface area contributed by atoms with E-state index in [-0.39, 0.29) is 0 Å². The molecule has 0 saturated carbocycles. The monoisotopic (exact) mass is 932 g/mol. The highest BCUT2D eigenvalue weighted by atomic mass is 16.3. The number of anilines is 6. The van der Waals surface area contributed by atoms with Crippen LogP contribution in [0.1, 0.15) is 0 Å². The molecule has 0 radical (unpaired) electrons. The third-order valence-corrected chi connectivity index (χ3v) is 14.1. The Labute approximate surface area is 425 Å². The maximum absolute atomic E-state index is 6.21. The van der Waals surface area contributed by atoms with Crippen LogP contribution in [0.5, 0.6) is 0 Å². The minimum atomic E-state index is 0.891. The van der Waals surface area contributed by atoms with Crippen molar-refractivity contribution >= 4 is 66.8 Å². The van der Waals surface area contributed by atoms with Crippen molar-refractivity contribution in [2.45, 2.75) is 0 Å². The number of benzene rings is 12. The first-order chi connectivity index (χ1) is 36.2. The first kappa shape index (κ1) is 43.3. The second-order valence-electron chi connectivity index (χ2n) is 18.5. The standard InChI is InChI=1S/C70H48N2O/c1-4-15-49(16-5-1)52-27-36-59(37-28-52)71(60-38-29-53(30-39-60)50-17-6-2-7-18-50)63-45-58(66-25-14-22-56-21-10-11-23-65(56)66)46-64(48-63)72(61-40-31-54(32-41-61)51-19-8-3-9-20-51)62-42-33-55(34-43-62)57-35-44-70-68(47-57)67-24-12-13-26-69(67)73-70/h1-48H. The molecule has 0 aliphatic carbocycles. The number of rotatable bonds is 11. The molecule has 0 atom stereocenters. The summed E-state index contributed by atoms with van der Waals surface area (Å²) >= 11 is 0. The number of nitrogens with zero attached hydrogens (tertiary/aromatic N) is 2. The lowest BCUT2D eigenvalue weighted by atomic mass is 9.96. The minimum Gasteiger partial charge on any atom is -0.456 e. The molecule has 0 saturated heterocycles. The molecule has 73 heavy (non-hydrogen) atoms. The fourth-order valence-electron chi connectivity index (χ4n) is 10.4. The van der Waals surface area contributed by atoms with Crippen molar-refractivity contribution in [3.8, 4) is 55.6 Å². The van der Waals surface area contributed by atoms with Gasteiger partial charge in [0.2, 0.25) is 0 Å². The molecular weight excluding hydrogens is 885 g/mol. The normalized spacial score (nSPS) is 11.3. The van der Waals surface area contributed by atoms with Gasteiger partial charge < -0.3 is 14.2 Å². The maximum Gasteiger partial charge on any atom is 0.135 e. The number of furan rings is 1. The highest BCUT2D eigenvalue weighted by Crippen LogP contribution is 2.46. The van der Waals surface area contributed by atoms with Crippen molar-refractivity contribution in [3.05, 3.63) is 291 Å². The molecule has 3 heteroatoms. The Kier molecular flexibility index (Phi) is 11.2. The maximum atomic E-state index is 6.21. The van der Waals surface area contributed by atoms with Gasteiger partial charge in [0.25, 0.3) is 0 Å². The van der Waals surface area contributed by atoms with Crippen LogP contribution in [0.3, 0.4) is 0 Å². The summed E-state index contributed by atoms with van der Waals surface area (Å²) in [6.45, 7) is 0. The van der Waals surface area contributed by atoms with Gasteiger partial charge >= 0.3 is 0 Å². The summed E-state index contributed by atoms with van der Waals surface area (Å²) < 4.78 is 6.21. The van der Waals surface area contributed by atoms with E-state index in [1.54, 1.807) is 0 Å². The zero-order valence-electron chi connectivity index (χ0n) is 40.0. The molecule has 0 unspecified atom stereocenters. The minimum absolute atomic E-state index is 0.891. The van der Waals surface area contributed by atoms with Crippen LogP contribution in [0.2, 0.25) is 0 Å². The Balaban J connectivity index is 1.01. The van der Waals surface area contributed by atoms with Gasteiger partial charge in [0, 0.05) is 44.9 Å². The molecule has 13 aromatic rings. The van der Waals surface area contributed by atoms with Crippen molar-refractivity contribution < 1.29 is 4.42 Å². The van der Waals surface area contributed by atoms with E-state index >= 15 is 0 Å². The number of hydrogen-bond donors (Lipinski definition) is 0. The Morgan fingerprint density at radius 1 is 0.205 bits per heavy atom. The molecule has 0 aliphatic rings. The van der Waals surface area contributed by atoms with Crippen LogP contribution >= 0.6 is 0 Å². The molecule has 0 spiro atoms. The molecule has 12 aromatic carbocycles. The molecule has 0 bridgehead atoms. The number of fused-ring (bicyclic) bond motifs is 4. The van der Waals surface area contributed by atoms with Gasteiger partial charge in [-0.05, 0) is 151 Å². The lowest BCUT2D eigenvalue weighted by Gasteiger charge is -2.31. The Morgan fingerprint density at radius 3 is 1.07 bits per heavy atom. The zero-order chi connectivity index (χ0) is 48.5. The third-order valence-electron chi connectivity index (χ3n) is 14.1. The molecule has 0 aliphatic heterocycles. The summed E-state index contributed by atoms with van der Waals surface area (Å²) in [5.41, 5.74) is 19.6. The van der Waals surface area contributed by atoms with Crippen LogP contribution in [0, 0.1) is 0 Å². The van der Waals surface area contributed by atoms with Gasteiger partial charge in [0.15, 0.2) is 0 Å². The van der Waals surface area contributed by atoms with E-state index in [9.17, 15) is 0 Å². The lowest BCUT2D eigenvalue weighted by molar-refractivity contribution is 0.669. The highest BCUT2D eigenvalue weighted by Gasteiger charge is 2.21. The van der Waals surface area contributed by atoms with Crippen molar-refractivity contribution in [2.24, 2.45) is 0 Å². The average Bonchev–Trinajstić information content (AvgIpc) is 3.85. The number of para-hydroxylation sites is 1. The van der Waals surface area contributed by atoms with Crippen molar-refractivity contribution in [3.63, 3.8) is 0 Å². The third kappa shape index (κ3) is 8.49. The molecule has 1 heterocycles. The smallest absolute Gasteiger partial charge is 0.135 e. The topological polar surface area (TPSA) is 19.6 Å². The number of hydrogen-bond acceptors (Lipinski definition) is 3. The molecule has 3 nitrogen and oxygen atoms in total. The van der Waals surface area contributed by atoms with E-state index in [1.807, 2.05) is 12.1 Å². The van der Waals surface area contributed by atoms with Crippen LogP contribution in [-0.2, 0) is 0 Å². The first-order valence-corrected chi connectivity index (χ1v) is 24.9. The Morgan fingerprint density at radius 2 is 0.575 bits per heavy atom. The van der Waals surface area contributed by atoms with E-state index in [0.717, 1.165) is 83.9 Å². The summed E-state index contributed by atoms with van der Waals surface area (Å²) in [7, 11) is 0. The van der Waals surface area contributed by atoms with Crippen LogP contribution in [0.25, 0.3) is 88.3 Å². The summed E-state index contributed by atoms with van der Waals surface area (Å²) in [6, 6.07) is 105. The van der Waals surface area contributed by atoms with Crippen LogP contribution in [0.15, 0.2) is 296 Å². The second-order valence-corrected chi connectivity index (χ2v) is 18.5. The SMILES string of the molecule is c1ccc(-c2ccc(N(c3ccc(-c4ccccc4)cc3)c3cc(-c4cccc5ccccc45)cc(N(c4ccc(-c5ccccc5)cc4)c4ccc(-c5ccc6oc7ccccc7c6c5)cc4)c3)cc2)cc1. The molecule has 1 aromatic heterocycles. The zero-order valence-corrected chi connectivity index (χ0v) is 40.0. The van der Waals surface area contributed by atoms with Gasteiger partial charge in [-0.25, -0.2) is 0 Å². The van der Waals surface area contributed by atoms with Crippen molar-refractivity contribution in [2.75, 3.05) is 9.80 Å². The first-order valence-electron chi connectivity index (χ1n) is 24.9. The van der Waals surface area contributed by atoms with Gasteiger partial charge in [-0.2, -0.15) is 0 Å². The summed E-state index contributed by atoms with van der Waals surface area (Å²) in [4.78, 5) is 4.80. The average molecular weight is 933 g/mol. The van der Waals surface area contributed by atoms with Gasteiger partial charge in [-0.15, -0.1) is 0 Å². The fraction of sp³-hybridized carbons (Fsp3) is 0. The van der Waals surface area contributed by atoms with Gasteiger partial charge in [-0.1, -0.05) is 206 Å². The predicted molar refractivity (Wildman–Crippen MR) is 308 cm³/mol. The summed E-state index contributed by atoms with van der Waals surface area (Å²) in [5, 5.41) is 4.63. The molecule has 0 amide bonds. The van der Waals surface area contributed by atoms with E-state index in [2.05, 4.69) is 289 Å². The van der Waals surface area contributed by atoms with Crippen LogP contribution in [0.4, 0.5) is 34.1 Å². The quantitative estimate of drug-likeness (QED) is 0.129. The van der Waals surface area contributed by atoms with E-state index < -0.39 is 0 Å². The van der Waals surface area contributed by atoms with Crippen molar-refractivity contribution in [1.82, 2.24) is 0 Å². The Bertz CT molecular complexity index is 3950. The summed E-state index contributed by atoms with van der Waals surface area (Å²) in [5.74, 6) is 0. The molecule has 13 rings (SSSR count). The molecule has 344 valence electrons. The molecule has 0 fully saturated rings.